The Hall–Kier alpha value is -0.960. The molecule has 1 unspecified atom stereocenters. The number of aliphatic hydroxyl groups excluding tert-OH is 1. The van der Waals surface area contributed by atoms with Gasteiger partial charge in [0.1, 0.15) is 11.5 Å². The molecule has 0 aliphatic carbocycles. The molecule has 0 heterocycles. The van der Waals surface area contributed by atoms with Crippen molar-refractivity contribution < 1.29 is 13.9 Å². The minimum Gasteiger partial charge on any atom is -0.389 e. The van der Waals surface area contributed by atoms with E-state index in [0.717, 1.165) is 0 Å². The lowest BCUT2D eigenvalue weighted by molar-refractivity contribution is 0.176. The zero-order valence-corrected chi connectivity index (χ0v) is 8.51. The zero-order chi connectivity index (χ0) is 10.9. The molecule has 1 aromatic rings. The van der Waals surface area contributed by atoms with Crippen LogP contribution in [0.1, 0.15) is 38.0 Å². The molecule has 0 fully saturated rings. The second-order valence-electron chi connectivity index (χ2n) is 3.85. The van der Waals surface area contributed by atoms with E-state index in [1.807, 2.05) is 0 Å². The van der Waals surface area contributed by atoms with Crippen LogP contribution in [0.3, 0.4) is 0 Å². The fourth-order valence-corrected chi connectivity index (χ4v) is 1.52. The lowest BCUT2D eigenvalue weighted by Gasteiger charge is -2.21. The Kier molecular flexibility index (Phi) is 2.90. The molecular formula is C11H14F2O. The Labute approximate surface area is 82.4 Å². The SMILES string of the molecule is CC(O)c1cccc(F)c1C(C)(C)F. The zero-order valence-electron chi connectivity index (χ0n) is 8.51. The highest BCUT2D eigenvalue weighted by Gasteiger charge is 2.27. The van der Waals surface area contributed by atoms with Crippen LogP contribution in [0.4, 0.5) is 8.78 Å². The van der Waals surface area contributed by atoms with E-state index in [0.29, 0.717) is 5.56 Å². The third-order valence-corrected chi connectivity index (χ3v) is 2.09. The van der Waals surface area contributed by atoms with Gasteiger partial charge in [0.15, 0.2) is 0 Å². The van der Waals surface area contributed by atoms with Gasteiger partial charge in [-0.05, 0) is 32.4 Å². The van der Waals surface area contributed by atoms with Crippen LogP contribution in [-0.4, -0.2) is 5.11 Å². The van der Waals surface area contributed by atoms with Gasteiger partial charge in [-0.2, -0.15) is 0 Å². The number of rotatable bonds is 2. The van der Waals surface area contributed by atoms with E-state index in [2.05, 4.69) is 0 Å². The molecule has 1 rings (SSSR count). The standard InChI is InChI=1S/C11H14F2O/c1-7(14)8-5-4-6-9(12)10(8)11(2,3)13/h4-7,14H,1-3H3. The minimum absolute atomic E-state index is 0.0602. The monoisotopic (exact) mass is 200 g/mol. The highest BCUT2D eigenvalue weighted by molar-refractivity contribution is 5.34. The number of alkyl halides is 1. The summed E-state index contributed by atoms with van der Waals surface area (Å²) in [4.78, 5) is 0. The van der Waals surface area contributed by atoms with Crippen molar-refractivity contribution in [2.45, 2.75) is 32.5 Å². The molecule has 0 aliphatic heterocycles. The summed E-state index contributed by atoms with van der Waals surface area (Å²) in [6, 6.07) is 4.19. The fourth-order valence-electron chi connectivity index (χ4n) is 1.52. The average Bonchev–Trinajstić information content (AvgIpc) is 2.01. The van der Waals surface area contributed by atoms with Gasteiger partial charge in [-0.1, -0.05) is 12.1 Å². The van der Waals surface area contributed by atoms with Crippen LogP contribution in [0.25, 0.3) is 0 Å². The van der Waals surface area contributed by atoms with Gasteiger partial charge in [0.05, 0.1) is 6.10 Å². The van der Waals surface area contributed by atoms with Crippen molar-refractivity contribution in [1.82, 2.24) is 0 Å². The molecule has 0 saturated carbocycles. The van der Waals surface area contributed by atoms with Gasteiger partial charge in [-0.15, -0.1) is 0 Å². The molecular weight excluding hydrogens is 186 g/mol. The number of aliphatic hydroxyl groups is 1. The topological polar surface area (TPSA) is 20.2 Å². The summed E-state index contributed by atoms with van der Waals surface area (Å²) in [6.07, 6.45) is -0.865. The van der Waals surface area contributed by atoms with Crippen LogP contribution in [-0.2, 0) is 5.67 Å². The van der Waals surface area contributed by atoms with Crippen LogP contribution >= 0.6 is 0 Å². The van der Waals surface area contributed by atoms with Gasteiger partial charge in [0, 0.05) is 5.56 Å². The number of benzene rings is 1. The van der Waals surface area contributed by atoms with Crippen LogP contribution in [0.2, 0.25) is 0 Å². The van der Waals surface area contributed by atoms with E-state index in [-0.39, 0.29) is 5.56 Å². The van der Waals surface area contributed by atoms with Gasteiger partial charge in [-0.3, -0.25) is 0 Å². The molecule has 78 valence electrons. The summed E-state index contributed by atoms with van der Waals surface area (Å²) < 4.78 is 27.0. The van der Waals surface area contributed by atoms with Gasteiger partial charge in [0.2, 0.25) is 0 Å². The van der Waals surface area contributed by atoms with Crippen molar-refractivity contribution in [1.29, 1.82) is 0 Å². The van der Waals surface area contributed by atoms with Crippen molar-refractivity contribution in [3.8, 4) is 0 Å². The molecule has 0 radical (unpaired) electrons. The summed E-state index contributed by atoms with van der Waals surface area (Å²) in [5.41, 5.74) is -1.54. The summed E-state index contributed by atoms with van der Waals surface area (Å²) >= 11 is 0. The molecule has 0 aromatic heterocycles. The van der Waals surface area contributed by atoms with Crippen molar-refractivity contribution >= 4 is 0 Å². The maximum Gasteiger partial charge on any atom is 0.133 e. The van der Waals surface area contributed by atoms with E-state index in [4.69, 9.17) is 0 Å². The molecule has 0 amide bonds. The average molecular weight is 200 g/mol. The van der Waals surface area contributed by atoms with Crippen molar-refractivity contribution in [3.63, 3.8) is 0 Å². The molecule has 1 atom stereocenters. The summed E-state index contributed by atoms with van der Waals surface area (Å²) in [5.74, 6) is -0.615. The smallest absolute Gasteiger partial charge is 0.133 e. The second-order valence-corrected chi connectivity index (χ2v) is 3.85. The van der Waals surface area contributed by atoms with E-state index in [9.17, 15) is 13.9 Å². The van der Waals surface area contributed by atoms with Crippen LogP contribution < -0.4 is 0 Å². The predicted octanol–water partition coefficient (Wildman–Crippen LogP) is 3.08. The van der Waals surface area contributed by atoms with E-state index < -0.39 is 17.6 Å². The molecule has 0 spiro atoms. The van der Waals surface area contributed by atoms with Gasteiger partial charge in [0.25, 0.3) is 0 Å². The quantitative estimate of drug-likeness (QED) is 0.777. The molecule has 0 saturated heterocycles. The molecule has 1 aromatic carbocycles. The lowest BCUT2D eigenvalue weighted by Crippen LogP contribution is -2.16. The number of halogens is 2. The molecule has 1 nitrogen and oxygen atoms in total. The number of hydrogen-bond acceptors (Lipinski definition) is 1. The van der Waals surface area contributed by atoms with Crippen LogP contribution in [0, 0.1) is 5.82 Å². The summed E-state index contributed by atoms with van der Waals surface area (Å²) in [5, 5.41) is 9.36. The fraction of sp³-hybridized carbons (Fsp3) is 0.455. The Morgan fingerprint density at radius 3 is 2.29 bits per heavy atom. The first-order valence-corrected chi connectivity index (χ1v) is 4.50. The van der Waals surface area contributed by atoms with Gasteiger partial charge in [-0.25, -0.2) is 8.78 Å². The summed E-state index contributed by atoms with van der Waals surface area (Å²) in [6.45, 7) is 4.04. The van der Waals surface area contributed by atoms with Crippen molar-refractivity contribution in [2.24, 2.45) is 0 Å². The van der Waals surface area contributed by atoms with E-state index in [1.165, 1.54) is 39.0 Å². The lowest BCUT2D eigenvalue weighted by atomic mass is 9.92. The molecule has 14 heavy (non-hydrogen) atoms. The third kappa shape index (κ3) is 2.10. The first kappa shape index (κ1) is 11.1. The van der Waals surface area contributed by atoms with Gasteiger partial charge < -0.3 is 5.11 Å². The Morgan fingerprint density at radius 1 is 1.36 bits per heavy atom. The van der Waals surface area contributed by atoms with Crippen LogP contribution in [0.15, 0.2) is 18.2 Å². The Balaban J connectivity index is 3.38. The highest BCUT2D eigenvalue weighted by atomic mass is 19.1. The second kappa shape index (κ2) is 3.65. The maximum absolute atomic E-state index is 13.7. The third-order valence-electron chi connectivity index (χ3n) is 2.09. The van der Waals surface area contributed by atoms with Crippen molar-refractivity contribution in [3.05, 3.63) is 35.1 Å². The van der Waals surface area contributed by atoms with Crippen LogP contribution in [0.5, 0.6) is 0 Å². The highest BCUT2D eigenvalue weighted by Crippen LogP contribution is 2.33. The predicted molar refractivity (Wildman–Crippen MR) is 51.2 cm³/mol. The van der Waals surface area contributed by atoms with Gasteiger partial charge >= 0.3 is 0 Å². The molecule has 0 aliphatic rings. The molecule has 0 bridgehead atoms. The summed E-state index contributed by atoms with van der Waals surface area (Å²) in [7, 11) is 0. The van der Waals surface area contributed by atoms with E-state index in [1.54, 1.807) is 0 Å². The first-order valence-electron chi connectivity index (χ1n) is 4.50. The first-order chi connectivity index (χ1) is 6.34. The Morgan fingerprint density at radius 2 is 1.93 bits per heavy atom. The number of hydrogen-bond donors (Lipinski definition) is 1. The maximum atomic E-state index is 13.7. The Bertz CT molecular complexity index is 327. The normalized spacial score (nSPS) is 14.1. The minimum atomic E-state index is -1.78. The van der Waals surface area contributed by atoms with E-state index >= 15 is 0 Å². The largest absolute Gasteiger partial charge is 0.389 e. The molecule has 3 heteroatoms. The van der Waals surface area contributed by atoms with Crippen molar-refractivity contribution in [2.75, 3.05) is 0 Å². The molecule has 1 N–H and O–H groups in total.